The van der Waals surface area contributed by atoms with E-state index < -0.39 is 10.0 Å². The second-order valence-corrected chi connectivity index (χ2v) is 8.19. The third-order valence-electron chi connectivity index (χ3n) is 4.45. The molecule has 9 nitrogen and oxygen atoms in total. The first-order chi connectivity index (χ1) is 12.0. The molecule has 3 aromatic heterocycles. The van der Waals surface area contributed by atoms with Crippen molar-refractivity contribution in [1.82, 2.24) is 29.1 Å². The minimum absolute atomic E-state index is 0.156. The number of hydrogen-bond donors (Lipinski definition) is 2. The molecule has 0 spiro atoms. The summed E-state index contributed by atoms with van der Waals surface area (Å²) in [6, 6.07) is 4.09. The third kappa shape index (κ3) is 3.22. The molecule has 1 saturated heterocycles. The monoisotopic (exact) mass is 361 g/mol. The van der Waals surface area contributed by atoms with Gasteiger partial charge >= 0.3 is 0 Å². The zero-order chi connectivity index (χ0) is 17.4. The van der Waals surface area contributed by atoms with Gasteiger partial charge in [-0.05, 0) is 25.0 Å². The number of hydrogen-bond acceptors (Lipinski definition) is 6. The summed E-state index contributed by atoms with van der Waals surface area (Å²) in [4.78, 5) is 4.37. The number of nitrogens with one attached hydrogen (secondary N) is 2. The fourth-order valence-corrected chi connectivity index (χ4v) is 3.97. The van der Waals surface area contributed by atoms with Crippen molar-refractivity contribution in [2.24, 2.45) is 0 Å². The van der Waals surface area contributed by atoms with Gasteiger partial charge in [0.1, 0.15) is 0 Å². The van der Waals surface area contributed by atoms with Gasteiger partial charge in [-0.15, -0.1) is 5.10 Å². The van der Waals surface area contributed by atoms with Crippen molar-refractivity contribution in [3.8, 4) is 11.3 Å². The molecule has 1 fully saturated rings. The molecule has 0 amide bonds. The maximum atomic E-state index is 11.6. The minimum Gasteiger partial charge on any atom is -0.350 e. The van der Waals surface area contributed by atoms with E-state index in [9.17, 15) is 8.42 Å². The van der Waals surface area contributed by atoms with E-state index in [0.29, 0.717) is 19.0 Å². The lowest BCUT2D eigenvalue weighted by Gasteiger charge is -2.30. The predicted molar refractivity (Wildman–Crippen MR) is 93.6 cm³/mol. The molecule has 4 rings (SSSR count). The number of sulfonamides is 1. The van der Waals surface area contributed by atoms with Crippen molar-refractivity contribution < 1.29 is 8.42 Å². The van der Waals surface area contributed by atoms with Crippen LogP contribution in [0.15, 0.2) is 30.7 Å². The number of piperidine rings is 1. The lowest BCUT2D eigenvalue weighted by molar-refractivity contribution is 0.331. The summed E-state index contributed by atoms with van der Waals surface area (Å²) in [7, 11) is -3.11. The van der Waals surface area contributed by atoms with Crippen molar-refractivity contribution in [3.05, 3.63) is 30.7 Å². The van der Waals surface area contributed by atoms with Crippen LogP contribution in [0.1, 0.15) is 12.8 Å². The van der Waals surface area contributed by atoms with Gasteiger partial charge < -0.3 is 5.32 Å². The summed E-state index contributed by atoms with van der Waals surface area (Å²) >= 11 is 0. The van der Waals surface area contributed by atoms with E-state index in [1.54, 1.807) is 12.4 Å². The molecule has 132 valence electrons. The van der Waals surface area contributed by atoms with Crippen LogP contribution in [0.2, 0.25) is 0 Å². The Morgan fingerprint density at radius 2 is 2.04 bits per heavy atom. The Hall–Kier alpha value is -2.46. The molecule has 0 atom stereocenters. The van der Waals surface area contributed by atoms with Crippen LogP contribution in [-0.4, -0.2) is 62.9 Å². The van der Waals surface area contributed by atoms with Gasteiger partial charge in [0.15, 0.2) is 0 Å². The maximum absolute atomic E-state index is 11.6. The van der Waals surface area contributed by atoms with E-state index in [1.165, 1.54) is 10.6 Å². The Balaban J connectivity index is 1.52. The molecular formula is C15H19N7O2S. The van der Waals surface area contributed by atoms with Crippen LogP contribution in [-0.2, 0) is 10.0 Å². The van der Waals surface area contributed by atoms with Crippen LogP contribution >= 0.6 is 0 Å². The highest BCUT2D eigenvalue weighted by atomic mass is 32.2. The van der Waals surface area contributed by atoms with Crippen LogP contribution < -0.4 is 5.32 Å². The molecule has 0 aliphatic carbocycles. The molecular weight excluding hydrogens is 342 g/mol. The second-order valence-electron chi connectivity index (χ2n) is 6.20. The van der Waals surface area contributed by atoms with Gasteiger partial charge in [-0.25, -0.2) is 22.2 Å². The van der Waals surface area contributed by atoms with Crippen LogP contribution in [0.25, 0.3) is 16.8 Å². The normalized spacial score (nSPS) is 17.2. The summed E-state index contributed by atoms with van der Waals surface area (Å²) < 4.78 is 26.5. The lowest BCUT2D eigenvalue weighted by atomic mass is 10.1. The first-order valence-electron chi connectivity index (χ1n) is 8.06. The van der Waals surface area contributed by atoms with E-state index >= 15 is 0 Å². The van der Waals surface area contributed by atoms with E-state index in [2.05, 4.69) is 25.6 Å². The van der Waals surface area contributed by atoms with Crippen LogP contribution in [0.4, 0.5) is 5.95 Å². The highest BCUT2D eigenvalue weighted by Crippen LogP contribution is 2.21. The van der Waals surface area contributed by atoms with E-state index in [1.807, 2.05) is 22.8 Å². The zero-order valence-electron chi connectivity index (χ0n) is 13.8. The van der Waals surface area contributed by atoms with Crippen molar-refractivity contribution in [2.45, 2.75) is 18.9 Å². The molecule has 10 heteroatoms. The van der Waals surface area contributed by atoms with Gasteiger partial charge in [-0.3, -0.25) is 5.10 Å². The lowest BCUT2D eigenvalue weighted by Crippen LogP contribution is -2.42. The fourth-order valence-electron chi connectivity index (χ4n) is 3.09. The molecule has 0 saturated carbocycles. The number of nitrogens with zero attached hydrogens (tertiary/aromatic N) is 5. The van der Waals surface area contributed by atoms with E-state index in [-0.39, 0.29) is 6.04 Å². The molecule has 0 bridgehead atoms. The van der Waals surface area contributed by atoms with Crippen molar-refractivity contribution in [3.63, 3.8) is 0 Å². The summed E-state index contributed by atoms with van der Waals surface area (Å²) in [5.74, 6) is 0.534. The number of aromatic nitrogens is 5. The molecule has 2 N–H and O–H groups in total. The Bertz CT molecular complexity index is 973. The maximum Gasteiger partial charge on any atom is 0.241 e. The number of aromatic amines is 1. The third-order valence-corrected chi connectivity index (χ3v) is 5.75. The molecule has 1 aliphatic rings. The average Bonchev–Trinajstić information content (AvgIpc) is 3.23. The first-order valence-corrected chi connectivity index (χ1v) is 9.91. The second kappa shape index (κ2) is 6.12. The highest BCUT2D eigenvalue weighted by molar-refractivity contribution is 7.88. The van der Waals surface area contributed by atoms with E-state index in [0.717, 1.165) is 29.6 Å². The molecule has 25 heavy (non-hydrogen) atoms. The van der Waals surface area contributed by atoms with Gasteiger partial charge in [0, 0.05) is 30.9 Å². The predicted octanol–water partition coefficient (Wildman–Crippen LogP) is 0.955. The van der Waals surface area contributed by atoms with Crippen molar-refractivity contribution >= 4 is 21.5 Å². The number of fused-ring (bicyclic) bond motifs is 1. The van der Waals surface area contributed by atoms with Gasteiger partial charge in [0.05, 0.1) is 29.9 Å². The smallest absolute Gasteiger partial charge is 0.241 e. The molecule has 1 aliphatic heterocycles. The fraction of sp³-hybridized carbons (Fsp3) is 0.400. The van der Waals surface area contributed by atoms with Crippen LogP contribution in [0.5, 0.6) is 0 Å². The van der Waals surface area contributed by atoms with Gasteiger partial charge in [-0.2, -0.15) is 5.10 Å². The summed E-state index contributed by atoms with van der Waals surface area (Å²) in [5, 5.41) is 14.7. The van der Waals surface area contributed by atoms with Crippen molar-refractivity contribution in [2.75, 3.05) is 24.7 Å². The zero-order valence-corrected chi connectivity index (χ0v) is 14.6. The SMILES string of the molecule is CS(=O)(=O)N1CCC(Nc2ncc3ccc(-c4cn[nH]c4)n3n2)CC1. The van der Waals surface area contributed by atoms with Crippen LogP contribution in [0, 0.1) is 0 Å². The standard InChI is InChI=1S/C15H19N7O2S/c1-25(23,24)21-6-4-12(5-7-21)19-15-16-10-13-2-3-14(22(13)20-15)11-8-17-18-9-11/h2-3,8-10,12H,4-7H2,1H3,(H,17,18)(H,19,20). The summed E-state index contributed by atoms with van der Waals surface area (Å²) in [5.41, 5.74) is 2.78. The summed E-state index contributed by atoms with van der Waals surface area (Å²) in [6.45, 7) is 1.03. The summed E-state index contributed by atoms with van der Waals surface area (Å²) in [6.07, 6.45) is 8.05. The highest BCUT2D eigenvalue weighted by Gasteiger charge is 2.25. The molecule has 4 heterocycles. The number of anilines is 1. The van der Waals surface area contributed by atoms with E-state index in [4.69, 9.17) is 0 Å². The molecule has 0 radical (unpaired) electrons. The van der Waals surface area contributed by atoms with Crippen molar-refractivity contribution in [1.29, 1.82) is 0 Å². The topological polar surface area (TPSA) is 108 Å². The Kier molecular flexibility index (Phi) is 3.92. The first kappa shape index (κ1) is 16.0. The minimum atomic E-state index is -3.11. The quantitative estimate of drug-likeness (QED) is 0.716. The number of rotatable bonds is 4. The Morgan fingerprint density at radius 1 is 1.24 bits per heavy atom. The number of H-pyrrole nitrogens is 1. The average molecular weight is 361 g/mol. The van der Waals surface area contributed by atoms with Gasteiger partial charge in [0.25, 0.3) is 0 Å². The Morgan fingerprint density at radius 3 is 2.72 bits per heavy atom. The van der Waals surface area contributed by atoms with Gasteiger partial charge in [0.2, 0.25) is 16.0 Å². The molecule has 0 unspecified atom stereocenters. The van der Waals surface area contributed by atoms with Crippen LogP contribution in [0.3, 0.4) is 0 Å². The molecule has 0 aromatic carbocycles. The molecule has 3 aromatic rings. The van der Waals surface area contributed by atoms with Gasteiger partial charge in [-0.1, -0.05) is 0 Å². The largest absolute Gasteiger partial charge is 0.350 e. The Labute approximate surface area is 145 Å².